The van der Waals surface area contributed by atoms with Crippen molar-refractivity contribution < 1.29 is 9.47 Å². The predicted octanol–water partition coefficient (Wildman–Crippen LogP) is 4.43. The second-order valence-electron chi connectivity index (χ2n) is 5.29. The minimum atomic E-state index is 0.496. The molecule has 0 spiro atoms. The molecule has 0 aromatic heterocycles. The summed E-state index contributed by atoms with van der Waals surface area (Å²) in [6, 6.07) is 16.2. The van der Waals surface area contributed by atoms with Gasteiger partial charge in [0.05, 0.1) is 19.8 Å². The monoisotopic (exact) mass is 388 g/mol. The molecule has 5 heteroatoms. The van der Waals surface area contributed by atoms with Crippen LogP contribution in [0.1, 0.15) is 24.0 Å². The van der Waals surface area contributed by atoms with Crippen LogP contribution >= 0.6 is 15.9 Å². The Bertz CT molecular complexity index is 698. The van der Waals surface area contributed by atoms with Gasteiger partial charge in [-0.3, -0.25) is 0 Å². The van der Waals surface area contributed by atoms with Gasteiger partial charge in [-0.25, -0.2) is 0 Å². The van der Waals surface area contributed by atoms with Crippen LogP contribution in [0, 0.1) is 11.3 Å². The Morgan fingerprint density at radius 1 is 1.12 bits per heavy atom. The maximum absolute atomic E-state index is 8.58. The SMILES string of the molecule is COc1ccc(CNCc2ccccc2Br)cc1OCCCC#N. The molecule has 0 fully saturated rings. The van der Waals surface area contributed by atoms with E-state index in [4.69, 9.17) is 14.7 Å². The van der Waals surface area contributed by atoms with Crippen molar-refractivity contribution in [3.05, 3.63) is 58.1 Å². The lowest BCUT2D eigenvalue weighted by Crippen LogP contribution is -2.13. The minimum Gasteiger partial charge on any atom is -0.493 e. The summed E-state index contributed by atoms with van der Waals surface area (Å²) in [7, 11) is 1.63. The zero-order valence-corrected chi connectivity index (χ0v) is 15.3. The van der Waals surface area contributed by atoms with Crippen LogP contribution in [0.25, 0.3) is 0 Å². The maximum Gasteiger partial charge on any atom is 0.161 e. The first kappa shape index (κ1) is 18.3. The molecule has 1 N–H and O–H groups in total. The van der Waals surface area contributed by atoms with E-state index in [0.717, 1.165) is 28.9 Å². The van der Waals surface area contributed by atoms with Gasteiger partial charge in [0.15, 0.2) is 11.5 Å². The normalized spacial score (nSPS) is 10.2. The zero-order valence-electron chi connectivity index (χ0n) is 13.7. The van der Waals surface area contributed by atoms with Crippen LogP contribution in [0.5, 0.6) is 11.5 Å². The van der Waals surface area contributed by atoms with Crippen molar-refractivity contribution in [2.24, 2.45) is 0 Å². The molecule has 2 aromatic carbocycles. The summed E-state index contributed by atoms with van der Waals surface area (Å²) in [5.41, 5.74) is 2.34. The fourth-order valence-electron chi connectivity index (χ4n) is 2.26. The molecule has 0 saturated carbocycles. The van der Waals surface area contributed by atoms with Gasteiger partial charge in [-0.1, -0.05) is 40.2 Å². The number of hydrogen-bond donors (Lipinski definition) is 1. The Hall–Kier alpha value is -2.03. The number of unbranched alkanes of at least 4 members (excludes halogenated alkanes) is 1. The van der Waals surface area contributed by atoms with Gasteiger partial charge in [-0.15, -0.1) is 0 Å². The smallest absolute Gasteiger partial charge is 0.161 e. The van der Waals surface area contributed by atoms with Crippen LogP contribution in [0.3, 0.4) is 0 Å². The van der Waals surface area contributed by atoms with Crippen molar-refractivity contribution in [2.45, 2.75) is 25.9 Å². The molecule has 0 unspecified atom stereocenters. The van der Waals surface area contributed by atoms with Gasteiger partial charge in [-0.2, -0.15) is 5.26 Å². The molecule has 0 atom stereocenters. The molecule has 0 aliphatic rings. The number of benzene rings is 2. The van der Waals surface area contributed by atoms with Crippen LogP contribution in [0.4, 0.5) is 0 Å². The van der Waals surface area contributed by atoms with E-state index in [-0.39, 0.29) is 0 Å². The Balaban J connectivity index is 1.92. The number of ether oxygens (including phenoxy) is 2. The van der Waals surface area contributed by atoms with E-state index in [9.17, 15) is 0 Å². The van der Waals surface area contributed by atoms with E-state index >= 15 is 0 Å². The average molecular weight is 389 g/mol. The quantitative estimate of drug-likeness (QED) is 0.645. The standard InChI is InChI=1S/C19H21BrN2O2/c1-23-18-9-8-15(12-19(18)24-11-5-4-10-21)13-22-14-16-6-2-3-7-17(16)20/h2-3,6-9,12,22H,4-5,11,13-14H2,1H3. The molecular weight excluding hydrogens is 368 g/mol. The number of methoxy groups -OCH3 is 1. The lowest BCUT2D eigenvalue weighted by Gasteiger charge is -2.13. The summed E-state index contributed by atoms with van der Waals surface area (Å²) in [6.07, 6.45) is 1.21. The molecule has 0 amide bonds. The zero-order chi connectivity index (χ0) is 17.2. The molecule has 0 saturated heterocycles. The van der Waals surface area contributed by atoms with Crippen LogP contribution in [-0.2, 0) is 13.1 Å². The van der Waals surface area contributed by atoms with Crippen molar-refractivity contribution in [3.63, 3.8) is 0 Å². The number of nitrogens with one attached hydrogen (secondary N) is 1. The Labute approximate surface area is 151 Å². The third-order valence-electron chi connectivity index (χ3n) is 3.52. The largest absolute Gasteiger partial charge is 0.493 e. The predicted molar refractivity (Wildman–Crippen MR) is 98.0 cm³/mol. The van der Waals surface area contributed by atoms with E-state index in [2.05, 4.69) is 33.4 Å². The molecular formula is C19H21BrN2O2. The van der Waals surface area contributed by atoms with Gasteiger partial charge in [0, 0.05) is 24.0 Å². The first-order valence-corrected chi connectivity index (χ1v) is 8.64. The topological polar surface area (TPSA) is 54.3 Å². The van der Waals surface area contributed by atoms with Gasteiger partial charge in [0.25, 0.3) is 0 Å². The summed E-state index contributed by atoms with van der Waals surface area (Å²) in [4.78, 5) is 0. The Kier molecular flexibility index (Phi) is 7.60. The summed E-state index contributed by atoms with van der Waals surface area (Å²) >= 11 is 3.55. The molecule has 2 aromatic rings. The van der Waals surface area contributed by atoms with Gasteiger partial charge in [0.2, 0.25) is 0 Å². The van der Waals surface area contributed by atoms with E-state index in [1.54, 1.807) is 7.11 Å². The van der Waals surface area contributed by atoms with Crippen molar-refractivity contribution in [3.8, 4) is 17.6 Å². The fraction of sp³-hybridized carbons (Fsp3) is 0.316. The lowest BCUT2D eigenvalue weighted by atomic mass is 10.2. The second-order valence-corrected chi connectivity index (χ2v) is 6.14. The van der Waals surface area contributed by atoms with Crippen molar-refractivity contribution in [2.75, 3.05) is 13.7 Å². The second kappa shape index (κ2) is 9.96. The molecule has 0 radical (unpaired) electrons. The highest BCUT2D eigenvalue weighted by molar-refractivity contribution is 9.10. The Morgan fingerprint density at radius 3 is 2.71 bits per heavy atom. The summed E-state index contributed by atoms with van der Waals surface area (Å²) < 4.78 is 12.2. The lowest BCUT2D eigenvalue weighted by molar-refractivity contribution is 0.290. The highest BCUT2D eigenvalue weighted by Gasteiger charge is 2.06. The minimum absolute atomic E-state index is 0.496. The van der Waals surface area contributed by atoms with Crippen molar-refractivity contribution in [1.29, 1.82) is 5.26 Å². The molecule has 0 aliphatic heterocycles. The molecule has 126 valence electrons. The van der Waals surface area contributed by atoms with Crippen LogP contribution in [-0.4, -0.2) is 13.7 Å². The first-order valence-electron chi connectivity index (χ1n) is 7.85. The number of nitriles is 1. The Morgan fingerprint density at radius 2 is 1.96 bits per heavy atom. The highest BCUT2D eigenvalue weighted by atomic mass is 79.9. The fourth-order valence-corrected chi connectivity index (χ4v) is 2.69. The highest BCUT2D eigenvalue weighted by Crippen LogP contribution is 2.28. The molecule has 0 aliphatic carbocycles. The number of hydrogen-bond acceptors (Lipinski definition) is 4. The van der Waals surface area contributed by atoms with E-state index < -0.39 is 0 Å². The van der Waals surface area contributed by atoms with Crippen LogP contribution in [0.15, 0.2) is 46.9 Å². The van der Waals surface area contributed by atoms with Crippen LogP contribution in [0.2, 0.25) is 0 Å². The number of halogens is 1. The molecule has 4 nitrogen and oxygen atoms in total. The van der Waals surface area contributed by atoms with Crippen LogP contribution < -0.4 is 14.8 Å². The van der Waals surface area contributed by atoms with Crippen molar-refractivity contribution in [1.82, 2.24) is 5.32 Å². The molecule has 0 bridgehead atoms. The third-order valence-corrected chi connectivity index (χ3v) is 4.29. The summed E-state index contributed by atoms with van der Waals surface area (Å²) in [5.74, 6) is 1.43. The van der Waals surface area contributed by atoms with E-state index in [0.29, 0.717) is 25.2 Å². The van der Waals surface area contributed by atoms with Gasteiger partial charge in [-0.05, 0) is 35.7 Å². The maximum atomic E-state index is 8.58. The summed E-state index contributed by atoms with van der Waals surface area (Å²) in [6.45, 7) is 2.03. The van der Waals surface area contributed by atoms with E-state index in [1.807, 2.05) is 36.4 Å². The summed E-state index contributed by atoms with van der Waals surface area (Å²) in [5, 5.41) is 12.0. The average Bonchev–Trinajstić information content (AvgIpc) is 2.60. The molecule has 2 rings (SSSR count). The van der Waals surface area contributed by atoms with Gasteiger partial charge >= 0.3 is 0 Å². The number of nitrogens with zero attached hydrogens (tertiary/aromatic N) is 1. The van der Waals surface area contributed by atoms with E-state index in [1.165, 1.54) is 5.56 Å². The molecule has 24 heavy (non-hydrogen) atoms. The third kappa shape index (κ3) is 5.55. The first-order chi connectivity index (χ1) is 11.7. The van der Waals surface area contributed by atoms with Crippen molar-refractivity contribution >= 4 is 15.9 Å². The van der Waals surface area contributed by atoms with Gasteiger partial charge < -0.3 is 14.8 Å². The molecule has 0 heterocycles. The van der Waals surface area contributed by atoms with Gasteiger partial charge in [0.1, 0.15) is 0 Å². The number of rotatable bonds is 9.